The molecule has 2 heterocycles. The van der Waals surface area contributed by atoms with Crippen molar-refractivity contribution >= 4 is 29.1 Å². The van der Waals surface area contributed by atoms with Crippen LogP contribution in [0.15, 0.2) is 52.9 Å². The second-order valence-electron chi connectivity index (χ2n) is 8.47. The SMILES string of the molecule is CCCCc1oc2ccccc2c1CN(C)C(=O)CCn1c(-c2ccc(C)cc2)n[nH]c1=S. The van der Waals surface area contributed by atoms with Gasteiger partial charge in [0.2, 0.25) is 5.91 Å². The minimum Gasteiger partial charge on any atom is -0.461 e. The number of aryl methyl sites for hydroxylation is 2. The predicted molar refractivity (Wildman–Crippen MR) is 134 cm³/mol. The van der Waals surface area contributed by atoms with Crippen molar-refractivity contribution in [3.63, 3.8) is 0 Å². The quantitative estimate of drug-likeness (QED) is 0.307. The number of aromatic nitrogens is 3. The minimum atomic E-state index is 0.0553. The van der Waals surface area contributed by atoms with Gasteiger partial charge in [-0.3, -0.25) is 14.5 Å². The summed E-state index contributed by atoms with van der Waals surface area (Å²) in [6.45, 7) is 5.21. The van der Waals surface area contributed by atoms with E-state index in [0.29, 0.717) is 24.3 Å². The topological polar surface area (TPSA) is 67.1 Å². The third kappa shape index (κ3) is 5.09. The molecule has 2 aromatic heterocycles. The Morgan fingerprint density at radius 2 is 1.94 bits per heavy atom. The Labute approximate surface area is 199 Å². The molecule has 7 heteroatoms. The van der Waals surface area contributed by atoms with E-state index in [0.717, 1.165) is 52.9 Å². The fourth-order valence-electron chi connectivity index (χ4n) is 4.03. The third-order valence-corrected chi connectivity index (χ3v) is 6.29. The summed E-state index contributed by atoms with van der Waals surface area (Å²) < 4.78 is 8.53. The maximum Gasteiger partial charge on any atom is 0.224 e. The van der Waals surface area contributed by atoms with Crippen LogP contribution in [0.2, 0.25) is 0 Å². The Morgan fingerprint density at radius 3 is 2.70 bits per heavy atom. The molecule has 0 aliphatic heterocycles. The number of carbonyl (C=O) groups is 1. The lowest BCUT2D eigenvalue weighted by Crippen LogP contribution is -2.27. The van der Waals surface area contributed by atoms with E-state index < -0.39 is 0 Å². The van der Waals surface area contributed by atoms with Crippen molar-refractivity contribution in [1.29, 1.82) is 0 Å². The second-order valence-corrected chi connectivity index (χ2v) is 8.86. The van der Waals surface area contributed by atoms with Gasteiger partial charge >= 0.3 is 0 Å². The summed E-state index contributed by atoms with van der Waals surface area (Å²) in [7, 11) is 1.85. The zero-order valence-corrected chi connectivity index (χ0v) is 20.2. The van der Waals surface area contributed by atoms with Gasteiger partial charge in [-0.15, -0.1) is 0 Å². The summed E-state index contributed by atoms with van der Waals surface area (Å²) in [5.41, 5.74) is 4.14. The summed E-state index contributed by atoms with van der Waals surface area (Å²) in [5, 5.41) is 8.33. The average molecular weight is 463 g/mol. The number of hydrogen-bond donors (Lipinski definition) is 1. The van der Waals surface area contributed by atoms with E-state index in [2.05, 4.69) is 23.2 Å². The van der Waals surface area contributed by atoms with Crippen LogP contribution in [0.25, 0.3) is 22.4 Å². The Hall–Kier alpha value is -3.19. The van der Waals surface area contributed by atoms with Crippen molar-refractivity contribution in [2.75, 3.05) is 7.05 Å². The molecule has 0 saturated heterocycles. The molecular formula is C26H30N4O2S. The number of fused-ring (bicyclic) bond motifs is 1. The van der Waals surface area contributed by atoms with Gasteiger partial charge in [0.25, 0.3) is 0 Å². The summed E-state index contributed by atoms with van der Waals surface area (Å²) in [6, 6.07) is 16.2. The van der Waals surface area contributed by atoms with Crippen molar-refractivity contribution < 1.29 is 9.21 Å². The normalized spacial score (nSPS) is 11.2. The fraction of sp³-hybridized carbons (Fsp3) is 0.346. The highest BCUT2D eigenvalue weighted by molar-refractivity contribution is 7.71. The smallest absolute Gasteiger partial charge is 0.224 e. The average Bonchev–Trinajstić information content (AvgIpc) is 3.36. The van der Waals surface area contributed by atoms with E-state index in [9.17, 15) is 4.79 Å². The lowest BCUT2D eigenvalue weighted by Gasteiger charge is -2.18. The van der Waals surface area contributed by atoms with Crippen LogP contribution >= 0.6 is 12.2 Å². The predicted octanol–water partition coefficient (Wildman–Crippen LogP) is 6.05. The molecule has 4 aromatic rings. The van der Waals surface area contributed by atoms with Crippen LogP contribution in [0.3, 0.4) is 0 Å². The molecule has 0 atom stereocenters. The van der Waals surface area contributed by atoms with Crippen LogP contribution in [0.1, 0.15) is 43.1 Å². The summed E-state index contributed by atoms with van der Waals surface area (Å²) in [5.74, 6) is 1.79. The molecule has 1 N–H and O–H groups in total. The van der Waals surface area contributed by atoms with Gasteiger partial charge in [0.1, 0.15) is 11.3 Å². The number of nitrogens with one attached hydrogen (secondary N) is 1. The first kappa shape index (κ1) is 23.0. The molecule has 0 aliphatic rings. The van der Waals surface area contributed by atoms with Crippen molar-refractivity contribution in [1.82, 2.24) is 19.7 Å². The molecule has 6 nitrogen and oxygen atoms in total. The highest BCUT2D eigenvalue weighted by Gasteiger charge is 2.19. The summed E-state index contributed by atoms with van der Waals surface area (Å²) in [4.78, 5) is 14.8. The molecular weight excluding hydrogens is 432 g/mol. The summed E-state index contributed by atoms with van der Waals surface area (Å²) >= 11 is 5.43. The van der Waals surface area contributed by atoms with E-state index in [-0.39, 0.29) is 5.91 Å². The first-order chi connectivity index (χ1) is 16.0. The third-order valence-electron chi connectivity index (χ3n) is 5.98. The first-order valence-electron chi connectivity index (χ1n) is 11.4. The highest BCUT2D eigenvalue weighted by atomic mass is 32.1. The lowest BCUT2D eigenvalue weighted by atomic mass is 10.1. The van der Waals surface area contributed by atoms with Crippen LogP contribution in [-0.4, -0.2) is 32.6 Å². The van der Waals surface area contributed by atoms with Crippen LogP contribution in [0.5, 0.6) is 0 Å². The van der Waals surface area contributed by atoms with Crippen molar-refractivity contribution in [3.8, 4) is 11.4 Å². The molecule has 0 radical (unpaired) electrons. The Balaban J connectivity index is 1.48. The first-order valence-corrected chi connectivity index (χ1v) is 11.8. The van der Waals surface area contributed by atoms with Crippen LogP contribution in [-0.2, 0) is 24.3 Å². The Kier molecular flexibility index (Phi) is 7.08. The van der Waals surface area contributed by atoms with Gasteiger partial charge in [-0.2, -0.15) is 5.10 Å². The van der Waals surface area contributed by atoms with Gasteiger partial charge < -0.3 is 9.32 Å². The standard InChI is InChI=1S/C26H30N4O2S/c1-4-5-9-23-21(20-8-6-7-10-22(20)32-23)17-29(3)24(31)15-16-30-25(27-28-26(30)33)19-13-11-18(2)12-14-19/h6-8,10-14H,4-5,9,15-17H2,1-3H3,(H,28,33). The minimum absolute atomic E-state index is 0.0553. The molecule has 0 bridgehead atoms. The molecule has 33 heavy (non-hydrogen) atoms. The van der Waals surface area contributed by atoms with Gasteiger partial charge in [0, 0.05) is 49.5 Å². The number of carbonyl (C=O) groups excluding carboxylic acids is 1. The van der Waals surface area contributed by atoms with Gasteiger partial charge in [-0.1, -0.05) is 61.4 Å². The number of rotatable bonds is 9. The molecule has 0 spiro atoms. The monoisotopic (exact) mass is 462 g/mol. The number of hydrogen-bond acceptors (Lipinski definition) is 4. The molecule has 0 unspecified atom stereocenters. The molecule has 4 rings (SSSR count). The molecule has 0 fully saturated rings. The Bertz CT molecular complexity index is 1300. The number of H-pyrrole nitrogens is 1. The summed E-state index contributed by atoms with van der Waals surface area (Å²) in [6.07, 6.45) is 3.38. The van der Waals surface area contributed by atoms with Crippen LogP contribution in [0, 0.1) is 11.7 Å². The van der Waals surface area contributed by atoms with Gasteiger partial charge in [0.15, 0.2) is 10.6 Å². The number of benzene rings is 2. The van der Waals surface area contributed by atoms with Crippen molar-refractivity contribution in [2.45, 2.75) is 52.6 Å². The van der Waals surface area contributed by atoms with Crippen molar-refractivity contribution in [3.05, 3.63) is 70.2 Å². The number of nitrogens with zero attached hydrogens (tertiary/aromatic N) is 3. The number of furan rings is 1. The zero-order valence-electron chi connectivity index (χ0n) is 19.4. The number of amides is 1. The van der Waals surface area contributed by atoms with E-state index in [4.69, 9.17) is 16.6 Å². The molecule has 0 aliphatic carbocycles. The van der Waals surface area contributed by atoms with Crippen molar-refractivity contribution in [2.24, 2.45) is 0 Å². The van der Waals surface area contributed by atoms with E-state index in [1.54, 1.807) is 4.90 Å². The maximum absolute atomic E-state index is 13.0. The maximum atomic E-state index is 13.0. The second kappa shape index (κ2) is 10.2. The van der Waals surface area contributed by atoms with Crippen LogP contribution in [0.4, 0.5) is 0 Å². The highest BCUT2D eigenvalue weighted by Crippen LogP contribution is 2.28. The van der Waals surface area contributed by atoms with Gasteiger partial charge in [0.05, 0.1) is 0 Å². The zero-order chi connectivity index (χ0) is 23.4. The Morgan fingerprint density at radius 1 is 1.18 bits per heavy atom. The molecule has 1 amide bonds. The lowest BCUT2D eigenvalue weighted by molar-refractivity contribution is -0.130. The fourth-order valence-corrected chi connectivity index (χ4v) is 4.26. The largest absolute Gasteiger partial charge is 0.461 e. The van der Waals surface area contributed by atoms with E-state index in [1.165, 1.54) is 5.56 Å². The number of para-hydroxylation sites is 1. The number of unbranched alkanes of at least 4 members (excludes halogenated alkanes) is 1. The molecule has 2 aromatic carbocycles. The van der Waals surface area contributed by atoms with Crippen LogP contribution < -0.4 is 0 Å². The van der Waals surface area contributed by atoms with E-state index >= 15 is 0 Å². The molecule has 172 valence electrons. The molecule has 0 saturated carbocycles. The van der Waals surface area contributed by atoms with Gasteiger partial charge in [-0.05, 0) is 31.6 Å². The number of aromatic amines is 1. The van der Waals surface area contributed by atoms with Gasteiger partial charge in [-0.25, -0.2) is 0 Å². The van der Waals surface area contributed by atoms with E-state index in [1.807, 2.05) is 61.0 Å².